The number of rotatable bonds is 2. The Morgan fingerprint density at radius 3 is 2.39 bits per heavy atom. The van der Waals surface area contributed by atoms with E-state index in [1.807, 2.05) is 0 Å². The number of halogens is 2. The van der Waals surface area contributed by atoms with Gasteiger partial charge in [-0.3, -0.25) is 4.79 Å². The van der Waals surface area contributed by atoms with Crippen LogP contribution in [0.1, 0.15) is 33.0 Å². The van der Waals surface area contributed by atoms with Crippen molar-refractivity contribution in [2.24, 2.45) is 0 Å². The van der Waals surface area contributed by atoms with Crippen molar-refractivity contribution in [1.82, 2.24) is 0 Å². The van der Waals surface area contributed by atoms with Crippen molar-refractivity contribution in [3.8, 4) is 0 Å². The van der Waals surface area contributed by atoms with Crippen LogP contribution in [0.5, 0.6) is 0 Å². The molecule has 0 N–H and O–H groups in total. The highest BCUT2D eigenvalue weighted by atomic mass is 35.5. The molecule has 0 aliphatic rings. The number of benzene rings is 1. The number of hydrogen-bond donors (Lipinski definition) is 0. The Labute approximate surface area is 109 Å². The zero-order valence-electron chi connectivity index (χ0n) is 10.3. The minimum absolute atomic E-state index is 0.00593. The first-order valence-corrected chi connectivity index (χ1v) is 5.86. The number of ketones is 1. The van der Waals surface area contributed by atoms with Crippen LogP contribution in [0.15, 0.2) is 22.6 Å². The fourth-order valence-corrected chi connectivity index (χ4v) is 2.09. The average Bonchev–Trinajstić information content (AvgIpc) is 2.52. The van der Waals surface area contributed by atoms with Gasteiger partial charge >= 0.3 is 0 Å². The van der Waals surface area contributed by atoms with Crippen LogP contribution >= 0.6 is 11.6 Å². The normalized spacial score (nSPS) is 10.7. The quantitative estimate of drug-likeness (QED) is 0.762. The molecule has 2 rings (SSSR count). The summed E-state index contributed by atoms with van der Waals surface area (Å²) in [6.07, 6.45) is 0. The molecule has 0 spiro atoms. The molecule has 0 fully saturated rings. The summed E-state index contributed by atoms with van der Waals surface area (Å²) in [4.78, 5) is 12.3. The van der Waals surface area contributed by atoms with Crippen LogP contribution < -0.4 is 0 Å². The van der Waals surface area contributed by atoms with E-state index in [1.54, 1.807) is 20.8 Å². The predicted octanol–water partition coefficient (Wildman–Crippen LogP) is 4.23. The van der Waals surface area contributed by atoms with Crippen molar-refractivity contribution in [2.75, 3.05) is 0 Å². The summed E-state index contributed by atoms with van der Waals surface area (Å²) in [5, 5.41) is 0.265. The first-order valence-electron chi connectivity index (χ1n) is 5.48. The van der Waals surface area contributed by atoms with Crippen LogP contribution in [0, 0.1) is 26.6 Å². The molecule has 0 unspecified atom stereocenters. The molecule has 1 aromatic heterocycles. The lowest BCUT2D eigenvalue weighted by molar-refractivity contribution is 0.103. The van der Waals surface area contributed by atoms with Gasteiger partial charge < -0.3 is 4.42 Å². The van der Waals surface area contributed by atoms with Crippen LogP contribution in [-0.4, -0.2) is 5.78 Å². The van der Waals surface area contributed by atoms with Gasteiger partial charge in [0.25, 0.3) is 0 Å². The second-order valence-corrected chi connectivity index (χ2v) is 4.60. The number of furan rings is 1. The van der Waals surface area contributed by atoms with Gasteiger partial charge in [0, 0.05) is 10.6 Å². The number of aryl methyl sites for hydroxylation is 2. The van der Waals surface area contributed by atoms with Crippen molar-refractivity contribution in [3.05, 3.63) is 57.2 Å². The minimum Gasteiger partial charge on any atom is -0.466 e. The van der Waals surface area contributed by atoms with Crippen molar-refractivity contribution in [3.63, 3.8) is 0 Å². The molecule has 0 bridgehead atoms. The topological polar surface area (TPSA) is 30.2 Å². The first-order chi connectivity index (χ1) is 8.41. The Morgan fingerprint density at radius 1 is 1.22 bits per heavy atom. The molecule has 2 aromatic rings. The minimum atomic E-state index is -0.620. The largest absolute Gasteiger partial charge is 0.466 e. The zero-order chi connectivity index (χ0) is 13.4. The molecule has 18 heavy (non-hydrogen) atoms. The van der Waals surface area contributed by atoms with Gasteiger partial charge in [-0.15, -0.1) is 0 Å². The van der Waals surface area contributed by atoms with E-state index in [-0.39, 0.29) is 16.4 Å². The van der Waals surface area contributed by atoms with Crippen LogP contribution in [0.2, 0.25) is 5.02 Å². The Morgan fingerprint density at radius 2 is 1.89 bits per heavy atom. The highest BCUT2D eigenvalue weighted by Crippen LogP contribution is 2.25. The van der Waals surface area contributed by atoms with Gasteiger partial charge in [-0.05, 0) is 39.0 Å². The van der Waals surface area contributed by atoms with Gasteiger partial charge in [0.05, 0.1) is 11.1 Å². The second-order valence-electron chi connectivity index (χ2n) is 4.17. The number of carbonyl (C=O) groups is 1. The van der Waals surface area contributed by atoms with Gasteiger partial charge in [0.1, 0.15) is 17.3 Å². The van der Waals surface area contributed by atoms with E-state index in [9.17, 15) is 9.18 Å². The molecule has 0 aliphatic carbocycles. The molecule has 0 radical (unpaired) electrons. The average molecular weight is 267 g/mol. The van der Waals surface area contributed by atoms with Crippen LogP contribution in [0.4, 0.5) is 4.39 Å². The number of carbonyl (C=O) groups excluding carboxylic acids is 1. The summed E-state index contributed by atoms with van der Waals surface area (Å²) in [6, 6.07) is 4.02. The smallest absolute Gasteiger partial charge is 0.199 e. The number of hydrogen-bond acceptors (Lipinski definition) is 2. The van der Waals surface area contributed by atoms with Gasteiger partial charge in [0.2, 0.25) is 0 Å². The summed E-state index contributed by atoms with van der Waals surface area (Å²) in [6.45, 7) is 5.26. The Hall–Kier alpha value is -1.61. The third-order valence-corrected chi connectivity index (χ3v) is 3.20. The Balaban J connectivity index is 2.55. The molecule has 4 heteroatoms. The van der Waals surface area contributed by atoms with E-state index in [0.717, 1.165) is 11.6 Å². The first kappa shape index (κ1) is 12.8. The monoisotopic (exact) mass is 266 g/mol. The second kappa shape index (κ2) is 4.58. The Bertz CT molecular complexity index is 629. The molecule has 0 aliphatic heterocycles. The standard InChI is InChI=1S/C14H12ClFO2/c1-7-8(2)18-9(3)13(7)14(17)11-5-4-10(15)6-12(11)16/h4-6H,1-3H3. The third-order valence-electron chi connectivity index (χ3n) is 2.96. The van der Waals surface area contributed by atoms with Crippen LogP contribution in [0.25, 0.3) is 0 Å². The summed E-state index contributed by atoms with van der Waals surface area (Å²) in [5.74, 6) is 0.177. The molecule has 2 nitrogen and oxygen atoms in total. The molecule has 94 valence electrons. The van der Waals surface area contributed by atoms with Gasteiger partial charge in [-0.25, -0.2) is 4.39 Å². The van der Waals surface area contributed by atoms with Crippen LogP contribution in [0.3, 0.4) is 0 Å². The molecule has 0 saturated carbocycles. The van der Waals surface area contributed by atoms with Gasteiger partial charge in [-0.2, -0.15) is 0 Å². The van der Waals surface area contributed by atoms with E-state index in [4.69, 9.17) is 16.0 Å². The van der Waals surface area contributed by atoms with E-state index in [0.29, 0.717) is 17.1 Å². The highest BCUT2D eigenvalue weighted by Gasteiger charge is 2.22. The van der Waals surface area contributed by atoms with E-state index in [1.165, 1.54) is 12.1 Å². The molecule has 0 saturated heterocycles. The van der Waals surface area contributed by atoms with Crippen molar-refractivity contribution >= 4 is 17.4 Å². The highest BCUT2D eigenvalue weighted by molar-refractivity contribution is 6.30. The predicted molar refractivity (Wildman–Crippen MR) is 67.8 cm³/mol. The fourth-order valence-electron chi connectivity index (χ4n) is 1.94. The molecule has 1 aromatic carbocycles. The van der Waals surface area contributed by atoms with Gasteiger partial charge in [-0.1, -0.05) is 11.6 Å². The molecule has 0 amide bonds. The van der Waals surface area contributed by atoms with E-state index < -0.39 is 5.82 Å². The van der Waals surface area contributed by atoms with Gasteiger partial charge in [0.15, 0.2) is 5.78 Å². The Kier molecular flexibility index (Phi) is 3.26. The lowest BCUT2D eigenvalue weighted by Crippen LogP contribution is -2.06. The van der Waals surface area contributed by atoms with Crippen molar-refractivity contribution in [2.45, 2.75) is 20.8 Å². The van der Waals surface area contributed by atoms with E-state index >= 15 is 0 Å². The zero-order valence-corrected chi connectivity index (χ0v) is 11.1. The molecular weight excluding hydrogens is 255 g/mol. The maximum atomic E-state index is 13.7. The summed E-state index contributed by atoms with van der Waals surface area (Å²) >= 11 is 5.66. The van der Waals surface area contributed by atoms with Crippen molar-refractivity contribution in [1.29, 1.82) is 0 Å². The lowest BCUT2D eigenvalue weighted by Gasteiger charge is -2.03. The summed E-state index contributed by atoms with van der Waals surface area (Å²) in [7, 11) is 0. The molecule has 0 atom stereocenters. The molecular formula is C14H12ClFO2. The van der Waals surface area contributed by atoms with Crippen LogP contribution in [-0.2, 0) is 0 Å². The molecule has 1 heterocycles. The lowest BCUT2D eigenvalue weighted by atomic mass is 9.99. The van der Waals surface area contributed by atoms with Crippen molar-refractivity contribution < 1.29 is 13.6 Å². The SMILES string of the molecule is Cc1oc(C)c(C(=O)c2ccc(Cl)cc2F)c1C. The van der Waals surface area contributed by atoms with E-state index in [2.05, 4.69) is 0 Å². The summed E-state index contributed by atoms with van der Waals surface area (Å²) in [5.41, 5.74) is 1.17. The maximum absolute atomic E-state index is 13.7. The third kappa shape index (κ3) is 2.06. The fraction of sp³-hybridized carbons (Fsp3) is 0.214. The maximum Gasteiger partial charge on any atom is 0.199 e. The summed E-state index contributed by atoms with van der Waals surface area (Å²) < 4.78 is 19.1.